The van der Waals surface area contributed by atoms with Crippen LogP contribution in [0, 0.1) is 18.2 Å². The summed E-state index contributed by atoms with van der Waals surface area (Å²) in [6.45, 7) is 5.61. The number of aryl methyl sites for hydroxylation is 1. The highest BCUT2D eigenvalue weighted by Crippen LogP contribution is 2.41. The molecule has 1 atom stereocenters. The van der Waals surface area contributed by atoms with Crippen LogP contribution in [0.5, 0.6) is 5.75 Å². The van der Waals surface area contributed by atoms with Crippen molar-refractivity contribution in [1.29, 1.82) is 0 Å². The Morgan fingerprint density at radius 2 is 2.17 bits per heavy atom. The molecule has 0 aromatic heterocycles. The van der Waals surface area contributed by atoms with Gasteiger partial charge in [0.15, 0.2) is 0 Å². The standard InChI is InChI=1S/C13H16FNO3/c1-7-4-8(14)5-9(10(7)16)11-13(2,3)6-18-12(17)15-11/h4-5,11,16H,6H2,1-3H3,(H,15,17)/t11-/m0/s1. The molecule has 1 saturated heterocycles. The maximum absolute atomic E-state index is 13.5. The highest BCUT2D eigenvalue weighted by molar-refractivity contribution is 5.69. The molecule has 1 aromatic rings. The third-order valence-corrected chi connectivity index (χ3v) is 3.22. The van der Waals surface area contributed by atoms with E-state index in [0.29, 0.717) is 11.1 Å². The molecule has 0 aliphatic carbocycles. The first kappa shape index (κ1) is 12.7. The minimum Gasteiger partial charge on any atom is -0.507 e. The van der Waals surface area contributed by atoms with Crippen LogP contribution in [0.2, 0.25) is 0 Å². The second kappa shape index (κ2) is 4.15. The zero-order chi connectivity index (χ0) is 13.5. The van der Waals surface area contributed by atoms with E-state index < -0.39 is 23.4 Å². The van der Waals surface area contributed by atoms with Crippen molar-refractivity contribution in [2.75, 3.05) is 6.61 Å². The van der Waals surface area contributed by atoms with Crippen molar-refractivity contribution >= 4 is 6.09 Å². The molecule has 0 radical (unpaired) electrons. The Bertz CT molecular complexity index is 499. The molecular formula is C13H16FNO3. The van der Waals surface area contributed by atoms with Gasteiger partial charge in [-0.15, -0.1) is 0 Å². The van der Waals surface area contributed by atoms with E-state index >= 15 is 0 Å². The van der Waals surface area contributed by atoms with Crippen LogP contribution in [-0.2, 0) is 4.74 Å². The van der Waals surface area contributed by atoms with Crippen molar-refractivity contribution in [3.63, 3.8) is 0 Å². The molecule has 1 amide bonds. The predicted molar refractivity (Wildman–Crippen MR) is 63.8 cm³/mol. The van der Waals surface area contributed by atoms with Gasteiger partial charge in [0.25, 0.3) is 0 Å². The Kier molecular flexibility index (Phi) is 2.92. The fourth-order valence-corrected chi connectivity index (χ4v) is 2.17. The van der Waals surface area contributed by atoms with Gasteiger partial charge >= 0.3 is 6.09 Å². The van der Waals surface area contributed by atoms with Gasteiger partial charge < -0.3 is 15.2 Å². The molecule has 0 saturated carbocycles. The highest BCUT2D eigenvalue weighted by atomic mass is 19.1. The highest BCUT2D eigenvalue weighted by Gasteiger charge is 2.39. The second-order valence-corrected chi connectivity index (χ2v) is 5.30. The average Bonchev–Trinajstić information content (AvgIpc) is 2.27. The lowest BCUT2D eigenvalue weighted by Gasteiger charge is -2.38. The number of phenolic OH excluding ortho intramolecular Hbond substituents is 1. The van der Waals surface area contributed by atoms with Crippen LogP contribution in [0.1, 0.15) is 31.0 Å². The minimum atomic E-state index is -0.555. The van der Waals surface area contributed by atoms with E-state index in [1.54, 1.807) is 6.92 Å². The van der Waals surface area contributed by atoms with Crippen LogP contribution >= 0.6 is 0 Å². The monoisotopic (exact) mass is 253 g/mol. The molecular weight excluding hydrogens is 237 g/mol. The number of carbonyl (C=O) groups is 1. The first-order valence-corrected chi connectivity index (χ1v) is 5.73. The van der Waals surface area contributed by atoms with Crippen LogP contribution < -0.4 is 5.32 Å². The Morgan fingerprint density at radius 3 is 2.83 bits per heavy atom. The zero-order valence-electron chi connectivity index (χ0n) is 10.6. The van der Waals surface area contributed by atoms with Gasteiger partial charge in [0.05, 0.1) is 6.04 Å². The summed E-state index contributed by atoms with van der Waals surface area (Å²) < 4.78 is 18.4. The molecule has 0 bridgehead atoms. The number of alkyl carbamates (subject to hydrolysis) is 1. The summed E-state index contributed by atoms with van der Waals surface area (Å²) in [4.78, 5) is 11.3. The molecule has 1 aliphatic heterocycles. The fraction of sp³-hybridized carbons (Fsp3) is 0.462. The molecule has 2 rings (SSSR count). The van der Waals surface area contributed by atoms with Gasteiger partial charge in [-0.05, 0) is 24.6 Å². The lowest BCUT2D eigenvalue weighted by Crippen LogP contribution is -2.47. The number of hydrogen-bond donors (Lipinski definition) is 2. The number of rotatable bonds is 1. The molecule has 1 fully saturated rings. The van der Waals surface area contributed by atoms with E-state index in [1.165, 1.54) is 12.1 Å². The number of hydrogen-bond acceptors (Lipinski definition) is 3. The largest absolute Gasteiger partial charge is 0.507 e. The summed E-state index contributed by atoms with van der Waals surface area (Å²) in [5, 5.41) is 12.7. The number of benzene rings is 1. The number of ether oxygens (including phenoxy) is 1. The lowest BCUT2D eigenvalue weighted by atomic mass is 9.79. The Labute approximate surface area is 105 Å². The van der Waals surface area contributed by atoms with Gasteiger partial charge in [0.2, 0.25) is 0 Å². The van der Waals surface area contributed by atoms with Crippen molar-refractivity contribution in [1.82, 2.24) is 5.32 Å². The summed E-state index contributed by atoms with van der Waals surface area (Å²) in [5.41, 5.74) is 0.404. The van der Waals surface area contributed by atoms with Gasteiger partial charge in [0, 0.05) is 11.0 Å². The summed E-state index contributed by atoms with van der Waals surface area (Å²) in [5.74, 6) is -0.423. The summed E-state index contributed by atoms with van der Waals surface area (Å²) >= 11 is 0. The molecule has 1 aromatic carbocycles. The summed E-state index contributed by atoms with van der Waals surface area (Å²) in [6.07, 6.45) is -0.555. The van der Waals surface area contributed by atoms with Crippen LogP contribution in [0.3, 0.4) is 0 Å². The second-order valence-electron chi connectivity index (χ2n) is 5.30. The first-order chi connectivity index (χ1) is 8.31. The Morgan fingerprint density at radius 1 is 1.50 bits per heavy atom. The predicted octanol–water partition coefficient (Wildman–Crippen LogP) is 2.65. The van der Waals surface area contributed by atoms with Gasteiger partial charge in [-0.3, -0.25) is 0 Å². The lowest BCUT2D eigenvalue weighted by molar-refractivity contribution is 0.0380. The third kappa shape index (κ3) is 2.12. The molecule has 18 heavy (non-hydrogen) atoms. The van der Waals surface area contributed by atoms with E-state index in [9.17, 15) is 14.3 Å². The van der Waals surface area contributed by atoms with E-state index in [0.717, 1.165) is 0 Å². The van der Waals surface area contributed by atoms with Gasteiger partial charge in [0.1, 0.15) is 18.2 Å². The number of halogens is 1. The fourth-order valence-electron chi connectivity index (χ4n) is 2.17. The van der Waals surface area contributed by atoms with Gasteiger partial charge in [-0.25, -0.2) is 9.18 Å². The summed E-state index contributed by atoms with van der Waals surface area (Å²) in [7, 11) is 0. The Hall–Kier alpha value is -1.78. The maximum atomic E-state index is 13.5. The molecule has 2 N–H and O–H groups in total. The van der Waals surface area contributed by atoms with Crippen LogP contribution in [0.15, 0.2) is 12.1 Å². The SMILES string of the molecule is Cc1cc(F)cc([C@@H]2NC(=O)OCC2(C)C)c1O. The molecule has 1 aliphatic rings. The van der Waals surface area contributed by atoms with Crippen molar-refractivity contribution in [3.05, 3.63) is 29.1 Å². The van der Waals surface area contributed by atoms with Crippen LogP contribution in [0.25, 0.3) is 0 Å². The summed E-state index contributed by atoms with van der Waals surface area (Å²) in [6, 6.07) is 2.03. The first-order valence-electron chi connectivity index (χ1n) is 5.73. The molecule has 98 valence electrons. The quantitative estimate of drug-likeness (QED) is 0.809. The molecule has 1 heterocycles. The van der Waals surface area contributed by atoms with Crippen LogP contribution in [-0.4, -0.2) is 17.8 Å². The number of aromatic hydroxyl groups is 1. The van der Waals surface area contributed by atoms with Crippen LogP contribution in [0.4, 0.5) is 9.18 Å². The van der Waals surface area contributed by atoms with Crippen molar-refractivity contribution < 1.29 is 19.0 Å². The van der Waals surface area contributed by atoms with E-state index in [-0.39, 0.29) is 12.4 Å². The van der Waals surface area contributed by atoms with Gasteiger partial charge in [-0.1, -0.05) is 13.8 Å². The van der Waals surface area contributed by atoms with Crippen molar-refractivity contribution in [2.45, 2.75) is 26.8 Å². The van der Waals surface area contributed by atoms with Crippen molar-refractivity contribution in [3.8, 4) is 5.75 Å². The average molecular weight is 253 g/mol. The normalized spacial score (nSPS) is 22.2. The Balaban J connectivity index is 2.49. The molecule has 4 nitrogen and oxygen atoms in total. The zero-order valence-corrected chi connectivity index (χ0v) is 10.6. The maximum Gasteiger partial charge on any atom is 0.407 e. The molecule has 0 unspecified atom stereocenters. The minimum absolute atomic E-state index is 0.0108. The van der Waals surface area contributed by atoms with E-state index in [4.69, 9.17) is 4.74 Å². The number of phenols is 1. The van der Waals surface area contributed by atoms with Crippen molar-refractivity contribution in [2.24, 2.45) is 5.41 Å². The number of nitrogens with one attached hydrogen (secondary N) is 1. The van der Waals surface area contributed by atoms with Gasteiger partial charge in [-0.2, -0.15) is 0 Å². The smallest absolute Gasteiger partial charge is 0.407 e. The number of cyclic esters (lactones) is 1. The topological polar surface area (TPSA) is 58.6 Å². The third-order valence-electron chi connectivity index (χ3n) is 3.22. The molecule has 5 heteroatoms. The van der Waals surface area contributed by atoms with E-state index in [1.807, 2.05) is 13.8 Å². The molecule has 0 spiro atoms. The number of amides is 1. The van der Waals surface area contributed by atoms with E-state index in [2.05, 4.69) is 5.32 Å². The number of carbonyl (C=O) groups excluding carboxylic acids is 1.